The first-order chi connectivity index (χ1) is 12.3. The standard InChI is InChI=1S/C16H21N5OS3/c1-2-21-14(13-4-3-9-23-13)18-19-16(21)24-11-12-10-17-15(25-12)20-5-7-22-8-6-20/h3-4,9,12H,2,5-8,10-11H2,1H3/t12-/m0/s1. The predicted molar refractivity (Wildman–Crippen MR) is 106 cm³/mol. The monoisotopic (exact) mass is 395 g/mol. The van der Waals surface area contributed by atoms with E-state index >= 15 is 0 Å². The number of hydrogen-bond acceptors (Lipinski definition) is 8. The van der Waals surface area contributed by atoms with Crippen LogP contribution >= 0.6 is 34.9 Å². The van der Waals surface area contributed by atoms with Crippen molar-refractivity contribution in [2.45, 2.75) is 23.9 Å². The van der Waals surface area contributed by atoms with Gasteiger partial charge >= 0.3 is 0 Å². The number of thiophene rings is 1. The number of thioether (sulfide) groups is 2. The molecule has 2 aromatic heterocycles. The van der Waals surface area contributed by atoms with Crippen LogP contribution in [0.4, 0.5) is 0 Å². The fourth-order valence-corrected chi connectivity index (χ4v) is 5.89. The smallest absolute Gasteiger partial charge is 0.191 e. The minimum atomic E-state index is 0.509. The Balaban J connectivity index is 1.35. The third kappa shape index (κ3) is 3.89. The van der Waals surface area contributed by atoms with Crippen LogP contribution in [-0.4, -0.2) is 68.7 Å². The number of nitrogens with zero attached hydrogens (tertiary/aromatic N) is 5. The zero-order valence-electron chi connectivity index (χ0n) is 14.1. The molecule has 25 heavy (non-hydrogen) atoms. The molecule has 0 aliphatic carbocycles. The van der Waals surface area contributed by atoms with Gasteiger partial charge in [-0.15, -0.1) is 21.5 Å². The molecule has 1 atom stereocenters. The average Bonchev–Trinajstić information content (AvgIpc) is 3.39. The minimum absolute atomic E-state index is 0.509. The molecule has 4 heterocycles. The molecule has 2 aliphatic rings. The summed E-state index contributed by atoms with van der Waals surface area (Å²) < 4.78 is 7.63. The SMILES string of the molecule is CCn1c(SC[C@@H]2CN=C(N3CCOCC3)S2)nnc1-c1cccs1. The zero-order chi connectivity index (χ0) is 17.1. The van der Waals surface area contributed by atoms with Gasteiger partial charge in [-0.3, -0.25) is 4.99 Å². The molecule has 6 nitrogen and oxygen atoms in total. The van der Waals surface area contributed by atoms with Crippen molar-refractivity contribution in [1.29, 1.82) is 0 Å². The van der Waals surface area contributed by atoms with E-state index in [9.17, 15) is 0 Å². The maximum absolute atomic E-state index is 5.42. The normalized spacial score (nSPS) is 20.9. The Morgan fingerprint density at radius 2 is 2.20 bits per heavy atom. The molecular formula is C16H21N5OS3. The molecule has 0 spiro atoms. The van der Waals surface area contributed by atoms with Gasteiger partial charge in [0.15, 0.2) is 16.1 Å². The van der Waals surface area contributed by atoms with Crippen LogP contribution in [0.15, 0.2) is 27.7 Å². The first kappa shape index (κ1) is 17.4. The number of aliphatic imine (C=N–C) groups is 1. The van der Waals surface area contributed by atoms with Crippen molar-refractivity contribution >= 4 is 40.0 Å². The molecule has 4 rings (SSSR count). The van der Waals surface area contributed by atoms with Gasteiger partial charge in [-0.25, -0.2) is 0 Å². The molecule has 9 heteroatoms. The van der Waals surface area contributed by atoms with E-state index in [2.05, 4.69) is 44.1 Å². The Labute approximate surface area is 160 Å². The molecule has 2 aromatic rings. The van der Waals surface area contributed by atoms with Crippen molar-refractivity contribution < 1.29 is 4.74 Å². The molecular weight excluding hydrogens is 374 g/mol. The Hall–Kier alpha value is -1.03. The summed E-state index contributed by atoms with van der Waals surface area (Å²) in [4.78, 5) is 8.26. The fraction of sp³-hybridized carbons (Fsp3) is 0.562. The highest BCUT2D eigenvalue weighted by molar-refractivity contribution is 8.15. The number of aromatic nitrogens is 3. The molecule has 0 saturated carbocycles. The van der Waals surface area contributed by atoms with E-state index in [4.69, 9.17) is 9.73 Å². The molecule has 134 valence electrons. The third-order valence-corrected chi connectivity index (χ3v) is 7.61. The second-order valence-corrected chi connectivity index (χ2v) is 9.00. The first-order valence-corrected chi connectivity index (χ1v) is 11.2. The molecule has 0 amide bonds. The predicted octanol–water partition coefficient (Wildman–Crippen LogP) is 2.92. The second kappa shape index (κ2) is 8.11. The van der Waals surface area contributed by atoms with Crippen molar-refractivity contribution in [2.75, 3.05) is 38.6 Å². The summed E-state index contributed by atoms with van der Waals surface area (Å²) >= 11 is 5.40. The van der Waals surface area contributed by atoms with Crippen molar-refractivity contribution in [3.05, 3.63) is 17.5 Å². The lowest BCUT2D eigenvalue weighted by molar-refractivity contribution is 0.0693. The van der Waals surface area contributed by atoms with Crippen LogP contribution < -0.4 is 0 Å². The largest absolute Gasteiger partial charge is 0.378 e. The van der Waals surface area contributed by atoms with Crippen LogP contribution in [0.2, 0.25) is 0 Å². The summed E-state index contributed by atoms with van der Waals surface area (Å²) in [6.45, 7) is 7.46. The molecule has 0 N–H and O–H groups in total. The summed E-state index contributed by atoms with van der Waals surface area (Å²) in [6.07, 6.45) is 0. The van der Waals surface area contributed by atoms with Gasteiger partial charge in [-0.2, -0.15) is 0 Å². The van der Waals surface area contributed by atoms with E-state index in [-0.39, 0.29) is 0 Å². The highest BCUT2D eigenvalue weighted by Gasteiger charge is 2.26. The zero-order valence-corrected chi connectivity index (χ0v) is 16.6. The van der Waals surface area contributed by atoms with Crippen molar-refractivity contribution in [3.8, 4) is 10.7 Å². The van der Waals surface area contributed by atoms with Crippen LogP contribution in [0, 0.1) is 0 Å². The molecule has 0 aromatic carbocycles. The summed E-state index contributed by atoms with van der Waals surface area (Å²) in [5.74, 6) is 1.98. The summed E-state index contributed by atoms with van der Waals surface area (Å²) in [5.41, 5.74) is 0. The van der Waals surface area contributed by atoms with E-state index in [0.717, 1.165) is 56.1 Å². The number of rotatable bonds is 5. The van der Waals surface area contributed by atoms with Gasteiger partial charge in [0.25, 0.3) is 0 Å². The van der Waals surface area contributed by atoms with E-state index in [1.807, 2.05) is 11.8 Å². The van der Waals surface area contributed by atoms with Crippen molar-refractivity contribution in [1.82, 2.24) is 19.7 Å². The van der Waals surface area contributed by atoms with Crippen LogP contribution in [-0.2, 0) is 11.3 Å². The highest BCUT2D eigenvalue weighted by Crippen LogP contribution is 2.31. The van der Waals surface area contributed by atoms with Gasteiger partial charge in [0, 0.05) is 30.6 Å². The highest BCUT2D eigenvalue weighted by atomic mass is 32.2. The first-order valence-electron chi connectivity index (χ1n) is 8.49. The Bertz CT molecular complexity index is 724. The number of morpholine rings is 1. The molecule has 1 saturated heterocycles. The summed E-state index contributed by atoms with van der Waals surface area (Å²) in [6, 6.07) is 4.16. The average molecular weight is 396 g/mol. The van der Waals surface area contributed by atoms with Gasteiger partial charge in [0.2, 0.25) is 0 Å². The van der Waals surface area contributed by atoms with Crippen LogP contribution in [0.1, 0.15) is 6.92 Å². The molecule has 0 bridgehead atoms. The topological polar surface area (TPSA) is 55.5 Å². The van der Waals surface area contributed by atoms with Gasteiger partial charge in [0.1, 0.15) is 0 Å². The molecule has 1 fully saturated rings. The second-order valence-electron chi connectivity index (χ2n) is 5.80. The lowest BCUT2D eigenvalue weighted by Gasteiger charge is -2.28. The van der Waals surface area contributed by atoms with Gasteiger partial charge in [0.05, 0.1) is 24.6 Å². The minimum Gasteiger partial charge on any atom is -0.378 e. The lowest BCUT2D eigenvalue weighted by Crippen LogP contribution is -2.39. The maximum Gasteiger partial charge on any atom is 0.191 e. The number of amidine groups is 1. The Morgan fingerprint density at radius 3 is 2.96 bits per heavy atom. The number of ether oxygens (including phenoxy) is 1. The van der Waals surface area contributed by atoms with Crippen molar-refractivity contribution in [2.24, 2.45) is 4.99 Å². The Kier molecular flexibility index (Phi) is 5.64. The summed E-state index contributed by atoms with van der Waals surface area (Å²) in [7, 11) is 0. The molecule has 0 unspecified atom stereocenters. The molecule has 0 radical (unpaired) electrons. The Morgan fingerprint density at radius 1 is 1.32 bits per heavy atom. The fourth-order valence-electron chi connectivity index (χ4n) is 2.86. The van der Waals surface area contributed by atoms with Crippen LogP contribution in [0.3, 0.4) is 0 Å². The van der Waals surface area contributed by atoms with Crippen LogP contribution in [0.5, 0.6) is 0 Å². The van der Waals surface area contributed by atoms with Crippen LogP contribution in [0.25, 0.3) is 10.7 Å². The van der Waals surface area contributed by atoms with Gasteiger partial charge in [-0.05, 0) is 18.4 Å². The van der Waals surface area contributed by atoms with Gasteiger partial charge in [-0.1, -0.05) is 29.6 Å². The quantitative estimate of drug-likeness (QED) is 0.726. The van der Waals surface area contributed by atoms with Crippen molar-refractivity contribution in [3.63, 3.8) is 0 Å². The third-order valence-electron chi connectivity index (χ3n) is 4.16. The number of hydrogen-bond donors (Lipinski definition) is 0. The molecule has 2 aliphatic heterocycles. The van der Waals surface area contributed by atoms with E-state index in [1.54, 1.807) is 23.1 Å². The van der Waals surface area contributed by atoms with Gasteiger partial charge < -0.3 is 14.2 Å². The van der Waals surface area contributed by atoms with E-state index in [0.29, 0.717) is 5.25 Å². The maximum atomic E-state index is 5.42. The lowest BCUT2D eigenvalue weighted by atomic mass is 10.4. The van der Waals surface area contributed by atoms with E-state index < -0.39 is 0 Å². The summed E-state index contributed by atoms with van der Waals surface area (Å²) in [5, 5.41) is 13.6. The van der Waals surface area contributed by atoms with E-state index in [1.165, 1.54) is 10.0 Å².